The van der Waals surface area contributed by atoms with Crippen LogP contribution in [-0.2, 0) is 4.79 Å². The van der Waals surface area contributed by atoms with Gasteiger partial charge in [-0.3, -0.25) is 10.1 Å². The van der Waals surface area contributed by atoms with Gasteiger partial charge in [-0.1, -0.05) is 72.3 Å². The summed E-state index contributed by atoms with van der Waals surface area (Å²) in [7, 11) is 1.60. The van der Waals surface area contributed by atoms with Crippen LogP contribution in [0.3, 0.4) is 0 Å². The van der Waals surface area contributed by atoms with E-state index in [0.29, 0.717) is 24.7 Å². The average Bonchev–Trinajstić information content (AvgIpc) is 2.79. The van der Waals surface area contributed by atoms with Crippen molar-refractivity contribution >= 4 is 5.91 Å². The van der Waals surface area contributed by atoms with Gasteiger partial charge in [-0.15, -0.1) is 0 Å². The van der Waals surface area contributed by atoms with Gasteiger partial charge in [-0.05, 0) is 30.2 Å². The molecule has 0 spiro atoms. The molecule has 0 heterocycles. The van der Waals surface area contributed by atoms with Crippen LogP contribution in [-0.4, -0.2) is 32.7 Å². The van der Waals surface area contributed by atoms with Crippen LogP contribution in [0, 0.1) is 6.92 Å². The number of para-hydroxylation sites is 2. The average molecular weight is 405 g/mol. The summed E-state index contributed by atoms with van der Waals surface area (Å²) in [5, 5.41) is 6.27. The van der Waals surface area contributed by atoms with Crippen molar-refractivity contribution in [2.24, 2.45) is 0 Å². The van der Waals surface area contributed by atoms with E-state index in [4.69, 9.17) is 9.47 Å². The monoisotopic (exact) mass is 404 g/mol. The number of ether oxygens (including phenoxy) is 2. The third-order valence-electron chi connectivity index (χ3n) is 4.76. The number of hydrogen-bond acceptors (Lipinski definition) is 4. The van der Waals surface area contributed by atoms with Gasteiger partial charge in [0.1, 0.15) is 6.61 Å². The number of nitrogens with one attached hydrogen (secondary N) is 2. The standard InChI is InChI=1S/C25H28N2O3/c1-19-12-14-21(15-13-19)25(20-8-4-3-5-9-20)27-18-24(28)26-16-17-30-23-11-7-6-10-22(23)29-2/h3-15,25,27H,16-18H2,1-2H3,(H,26,28)/t25-/m0/s1. The first kappa shape index (κ1) is 21.4. The van der Waals surface area contributed by atoms with Gasteiger partial charge in [0, 0.05) is 0 Å². The second-order valence-electron chi connectivity index (χ2n) is 6.98. The van der Waals surface area contributed by atoms with Gasteiger partial charge in [-0.2, -0.15) is 0 Å². The maximum Gasteiger partial charge on any atom is 0.234 e. The molecule has 0 saturated heterocycles. The lowest BCUT2D eigenvalue weighted by Crippen LogP contribution is -2.37. The molecule has 0 aliphatic carbocycles. The second-order valence-corrected chi connectivity index (χ2v) is 6.98. The molecule has 3 aromatic carbocycles. The molecule has 0 fully saturated rings. The maximum atomic E-state index is 12.3. The molecule has 5 heteroatoms. The normalized spacial score (nSPS) is 11.5. The Bertz CT molecular complexity index is 927. The summed E-state index contributed by atoms with van der Waals surface area (Å²) in [5.74, 6) is 1.26. The van der Waals surface area contributed by atoms with Crippen molar-refractivity contribution in [3.63, 3.8) is 0 Å². The molecule has 5 nitrogen and oxygen atoms in total. The molecule has 2 N–H and O–H groups in total. The Labute approximate surface area is 178 Å². The molecule has 1 atom stereocenters. The van der Waals surface area contributed by atoms with Crippen molar-refractivity contribution in [1.29, 1.82) is 0 Å². The SMILES string of the molecule is COc1ccccc1OCCNC(=O)CN[C@@H](c1ccccc1)c1ccc(C)cc1. The van der Waals surface area contributed by atoms with Crippen LogP contribution in [0.4, 0.5) is 0 Å². The Kier molecular flexibility index (Phi) is 7.86. The molecule has 30 heavy (non-hydrogen) atoms. The quantitative estimate of drug-likeness (QED) is 0.504. The highest BCUT2D eigenvalue weighted by molar-refractivity contribution is 5.78. The van der Waals surface area contributed by atoms with Gasteiger partial charge in [0.25, 0.3) is 0 Å². The summed E-state index contributed by atoms with van der Waals surface area (Å²) >= 11 is 0. The highest BCUT2D eigenvalue weighted by atomic mass is 16.5. The van der Waals surface area contributed by atoms with E-state index in [9.17, 15) is 4.79 Å². The largest absolute Gasteiger partial charge is 0.493 e. The fraction of sp³-hybridized carbons (Fsp3) is 0.240. The molecule has 0 aromatic heterocycles. The van der Waals surface area contributed by atoms with Crippen molar-refractivity contribution in [2.75, 3.05) is 26.8 Å². The number of rotatable bonds is 10. The molecule has 3 rings (SSSR count). The smallest absolute Gasteiger partial charge is 0.234 e. The van der Waals surface area contributed by atoms with E-state index in [1.54, 1.807) is 7.11 Å². The molecule has 1 amide bonds. The summed E-state index contributed by atoms with van der Waals surface area (Å²) in [6.45, 7) is 3.06. The van der Waals surface area contributed by atoms with Crippen molar-refractivity contribution < 1.29 is 14.3 Å². The predicted molar refractivity (Wildman–Crippen MR) is 119 cm³/mol. The molecule has 156 valence electrons. The van der Waals surface area contributed by atoms with Crippen LogP contribution in [0.2, 0.25) is 0 Å². The highest BCUT2D eigenvalue weighted by Gasteiger charge is 2.15. The minimum Gasteiger partial charge on any atom is -0.493 e. The van der Waals surface area contributed by atoms with E-state index < -0.39 is 0 Å². The lowest BCUT2D eigenvalue weighted by Gasteiger charge is -2.20. The zero-order chi connectivity index (χ0) is 21.2. The van der Waals surface area contributed by atoms with Gasteiger partial charge in [-0.25, -0.2) is 0 Å². The van der Waals surface area contributed by atoms with Gasteiger partial charge >= 0.3 is 0 Å². The zero-order valence-electron chi connectivity index (χ0n) is 17.4. The predicted octanol–water partition coefficient (Wildman–Crippen LogP) is 3.88. The van der Waals surface area contributed by atoms with Gasteiger partial charge in [0.2, 0.25) is 5.91 Å². The molecule has 0 bridgehead atoms. The third-order valence-corrected chi connectivity index (χ3v) is 4.76. The van der Waals surface area contributed by atoms with Crippen LogP contribution >= 0.6 is 0 Å². The molecule has 0 radical (unpaired) electrons. The maximum absolute atomic E-state index is 12.3. The lowest BCUT2D eigenvalue weighted by molar-refractivity contribution is -0.120. The van der Waals surface area contributed by atoms with Crippen LogP contribution in [0.15, 0.2) is 78.9 Å². The molecular formula is C25H28N2O3. The number of carbonyl (C=O) groups excluding carboxylic acids is 1. The topological polar surface area (TPSA) is 59.6 Å². The van der Waals surface area contributed by atoms with Gasteiger partial charge < -0.3 is 14.8 Å². The number of aryl methyl sites for hydroxylation is 1. The molecule has 0 aliphatic heterocycles. The molecular weight excluding hydrogens is 376 g/mol. The van der Waals surface area contributed by atoms with E-state index in [1.165, 1.54) is 5.56 Å². The minimum absolute atomic E-state index is 0.0534. The first-order valence-corrected chi connectivity index (χ1v) is 10.0. The Morgan fingerprint density at radius 1 is 0.867 bits per heavy atom. The highest BCUT2D eigenvalue weighted by Crippen LogP contribution is 2.25. The second kappa shape index (κ2) is 11.0. The molecule has 0 saturated carbocycles. The fourth-order valence-corrected chi connectivity index (χ4v) is 3.18. The molecule has 3 aromatic rings. The Hall–Kier alpha value is -3.31. The van der Waals surface area contributed by atoms with Crippen LogP contribution in [0.5, 0.6) is 11.5 Å². The van der Waals surface area contributed by atoms with E-state index in [0.717, 1.165) is 11.1 Å². The minimum atomic E-state index is -0.0772. The fourth-order valence-electron chi connectivity index (χ4n) is 3.18. The Morgan fingerprint density at radius 2 is 1.50 bits per heavy atom. The van der Waals surface area contributed by atoms with E-state index in [2.05, 4.69) is 54.0 Å². The molecule has 0 unspecified atom stereocenters. The third kappa shape index (κ3) is 6.09. The van der Waals surface area contributed by atoms with Gasteiger partial charge in [0.15, 0.2) is 11.5 Å². The number of amides is 1. The van der Waals surface area contributed by atoms with Crippen molar-refractivity contribution in [2.45, 2.75) is 13.0 Å². The van der Waals surface area contributed by atoms with Crippen LogP contribution in [0.1, 0.15) is 22.7 Å². The summed E-state index contributed by atoms with van der Waals surface area (Å²) in [5.41, 5.74) is 3.45. The number of methoxy groups -OCH3 is 1. The van der Waals surface area contributed by atoms with Crippen molar-refractivity contribution in [3.05, 3.63) is 95.6 Å². The van der Waals surface area contributed by atoms with Gasteiger partial charge in [0.05, 0.1) is 26.2 Å². The first-order valence-electron chi connectivity index (χ1n) is 10.0. The van der Waals surface area contributed by atoms with E-state index in [-0.39, 0.29) is 18.5 Å². The van der Waals surface area contributed by atoms with E-state index >= 15 is 0 Å². The summed E-state index contributed by atoms with van der Waals surface area (Å²) in [6, 6.07) is 25.9. The van der Waals surface area contributed by atoms with Crippen molar-refractivity contribution in [3.8, 4) is 11.5 Å². The summed E-state index contributed by atoms with van der Waals surface area (Å²) < 4.78 is 11.0. The number of hydrogen-bond donors (Lipinski definition) is 2. The zero-order valence-corrected chi connectivity index (χ0v) is 17.4. The van der Waals surface area contributed by atoms with E-state index in [1.807, 2.05) is 42.5 Å². The first-order chi connectivity index (χ1) is 14.7. The van der Waals surface area contributed by atoms with Crippen molar-refractivity contribution in [1.82, 2.24) is 10.6 Å². The summed E-state index contributed by atoms with van der Waals surface area (Å²) in [6.07, 6.45) is 0. The lowest BCUT2D eigenvalue weighted by atomic mass is 9.98. The van der Waals surface area contributed by atoms with Crippen LogP contribution in [0.25, 0.3) is 0 Å². The Morgan fingerprint density at radius 3 is 2.20 bits per heavy atom. The van der Waals surface area contributed by atoms with Crippen LogP contribution < -0.4 is 20.1 Å². The molecule has 0 aliphatic rings. The number of benzene rings is 3. The Balaban J connectivity index is 1.51. The summed E-state index contributed by atoms with van der Waals surface area (Å²) in [4.78, 5) is 12.3. The number of carbonyl (C=O) groups is 1.